The average molecular weight is 456 g/mol. The molecule has 0 radical (unpaired) electrons. The zero-order valence-electron chi connectivity index (χ0n) is 17.7. The second kappa shape index (κ2) is 10.3. The highest BCUT2D eigenvalue weighted by atomic mass is 32.2. The first kappa shape index (κ1) is 24.2. The molecule has 0 bridgehead atoms. The Hall–Kier alpha value is -2.10. The molecular formula is C21H29NO6S2. The fraction of sp³-hybridized carbons (Fsp3) is 0.429. The highest BCUT2D eigenvalue weighted by molar-refractivity contribution is 7.90. The maximum Gasteiger partial charge on any atom is 0.241 e. The van der Waals surface area contributed by atoms with E-state index in [-0.39, 0.29) is 9.79 Å². The van der Waals surface area contributed by atoms with E-state index < -0.39 is 25.9 Å². The van der Waals surface area contributed by atoms with Crippen LogP contribution in [0.5, 0.6) is 11.5 Å². The normalized spacial score (nSPS) is 13.1. The van der Waals surface area contributed by atoms with Crippen LogP contribution in [0.1, 0.15) is 45.2 Å². The highest BCUT2D eigenvalue weighted by Gasteiger charge is 2.20. The Bertz CT molecular complexity index is 1050. The minimum Gasteiger partial charge on any atom is -0.490 e. The number of hydrogen-bond acceptors (Lipinski definition) is 6. The van der Waals surface area contributed by atoms with Gasteiger partial charge in [-0.15, -0.1) is 0 Å². The molecule has 0 aliphatic carbocycles. The van der Waals surface area contributed by atoms with E-state index in [1.165, 1.54) is 24.3 Å². The topological polar surface area (TPSA) is 98.8 Å². The first-order valence-electron chi connectivity index (χ1n) is 9.80. The van der Waals surface area contributed by atoms with Gasteiger partial charge in [-0.2, -0.15) is 0 Å². The summed E-state index contributed by atoms with van der Waals surface area (Å²) in [7, 11) is -7.24. The molecule has 0 saturated heterocycles. The maximum absolute atomic E-state index is 12.7. The van der Waals surface area contributed by atoms with E-state index in [0.29, 0.717) is 24.7 Å². The quantitative estimate of drug-likeness (QED) is 0.555. The molecule has 2 rings (SSSR count). The molecule has 2 aromatic rings. The van der Waals surface area contributed by atoms with E-state index >= 15 is 0 Å². The van der Waals surface area contributed by atoms with Crippen LogP contribution in [0.15, 0.2) is 52.3 Å². The molecule has 2 aromatic carbocycles. The third-order valence-electron chi connectivity index (χ3n) is 4.29. The highest BCUT2D eigenvalue weighted by Crippen LogP contribution is 2.31. The number of sulfone groups is 1. The molecule has 1 atom stereocenters. The van der Waals surface area contributed by atoms with E-state index in [4.69, 9.17) is 9.47 Å². The Balaban J connectivity index is 2.23. The van der Waals surface area contributed by atoms with Crippen molar-refractivity contribution in [3.05, 3.63) is 48.0 Å². The van der Waals surface area contributed by atoms with Gasteiger partial charge in [-0.3, -0.25) is 0 Å². The minimum atomic E-state index is -3.84. The van der Waals surface area contributed by atoms with Gasteiger partial charge in [-0.05, 0) is 61.7 Å². The fourth-order valence-electron chi connectivity index (χ4n) is 2.68. The summed E-state index contributed by atoms with van der Waals surface area (Å²) in [5.41, 5.74) is 0.723. The Labute approximate surface area is 179 Å². The molecule has 7 nitrogen and oxygen atoms in total. The van der Waals surface area contributed by atoms with Crippen LogP contribution in [-0.4, -0.2) is 36.3 Å². The molecule has 30 heavy (non-hydrogen) atoms. The van der Waals surface area contributed by atoms with E-state index in [9.17, 15) is 16.8 Å². The van der Waals surface area contributed by atoms with Crippen molar-refractivity contribution < 1.29 is 26.3 Å². The van der Waals surface area contributed by atoms with Gasteiger partial charge >= 0.3 is 0 Å². The molecule has 0 aliphatic rings. The molecule has 0 heterocycles. The standard InChI is InChI=1S/C21H29NO6S2/c1-5-13-27-20-12-7-17(15-21(20)28-14-6-2)16(3)22-30(25,26)19-10-8-18(9-11-19)29(4,23)24/h7-12,15-16,22H,5-6,13-14H2,1-4H3/t16-/m1/s1. The molecule has 1 N–H and O–H groups in total. The number of benzene rings is 2. The van der Waals surface area contributed by atoms with Crippen molar-refractivity contribution in [2.24, 2.45) is 0 Å². The van der Waals surface area contributed by atoms with E-state index in [1.807, 2.05) is 13.8 Å². The van der Waals surface area contributed by atoms with Gasteiger partial charge in [0.25, 0.3) is 0 Å². The van der Waals surface area contributed by atoms with E-state index in [2.05, 4.69) is 4.72 Å². The van der Waals surface area contributed by atoms with Gasteiger partial charge in [0.05, 0.1) is 23.0 Å². The Kier molecular flexibility index (Phi) is 8.28. The molecule has 0 fully saturated rings. The lowest BCUT2D eigenvalue weighted by atomic mass is 10.1. The van der Waals surface area contributed by atoms with Gasteiger partial charge in [0.15, 0.2) is 21.3 Å². The summed E-state index contributed by atoms with van der Waals surface area (Å²) in [6.45, 7) is 6.84. The van der Waals surface area contributed by atoms with Gasteiger partial charge < -0.3 is 9.47 Å². The predicted octanol–water partition coefficient (Wildman–Crippen LogP) is 3.71. The van der Waals surface area contributed by atoms with Crippen LogP contribution in [0.4, 0.5) is 0 Å². The summed E-state index contributed by atoms with van der Waals surface area (Å²) in [6, 6.07) is 9.95. The first-order valence-corrected chi connectivity index (χ1v) is 13.2. The molecule has 166 valence electrons. The van der Waals surface area contributed by atoms with Crippen molar-refractivity contribution in [2.45, 2.75) is 49.4 Å². The van der Waals surface area contributed by atoms with Crippen LogP contribution < -0.4 is 14.2 Å². The Morgan fingerprint density at radius 1 is 0.833 bits per heavy atom. The lowest BCUT2D eigenvalue weighted by Gasteiger charge is -2.18. The molecule has 0 unspecified atom stereocenters. The summed E-state index contributed by atoms with van der Waals surface area (Å²) in [5.74, 6) is 1.20. The largest absolute Gasteiger partial charge is 0.490 e. The van der Waals surface area contributed by atoms with Crippen molar-refractivity contribution in [2.75, 3.05) is 19.5 Å². The molecule has 9 heteroatoms. The van der Waals surface area contributed by atoms with Crippen LogP contribution >= 0.6 is 0 Å². The van der Waals surface area contributed by atoms with Crippen molar-refractivity contribution in [3.8, 4) is 11.5 Å². The maximum atomic E-state index is 12.7. The summed E-state index contributed by atoms with van der Waals surface area (Å²) >= 11 is 0. The van der Waals surface area contributed by atoms with Gasteiger partial charge in [0, 0.05) is 12.3 Å². The number of hydrogen-bond donors (Lipinski definition) is 1. The van der Waals surface area contributed by atoms with Crippen LogP contribution in [0.3, 0.4) is 0 Å². The Morgan fingerprint density at radius 2 is 1.37 bits per heavy atom. The monoisotopic (exact) mass is 455 g/mol. The summed E-state index contributed by atoms with van der Waals surface area (Å²) in [4.78, 5) is 0.0574. The molecule has 0 amide bonds. The zero-order chi connectivity index (χ0) is 22.4. The lowest BCUT2D eigenvalue weighted by Crippen LogP contribution is -2.27. The van der Waals surface area contributed by atoms with Crippen molar-refractivity contribution in [1.29, 1.82) is 0 Å². The van der Waals surface area contributed by atoms with Crippen molar-refractivity contribution in [1.82, 2.24) is 4.72 Å². The third-order valence-corrected chi connectivity index (χ3v) is 6.97. The zero-order valence-corrected chi connectivity index (χ0v) is 19.3. The molecule has 0 spiro atoms. The second-order valence-electron chi connectivity index (χ2n) is 6.99. The van der Waals surface area contributed by atoms with Gasteiger partial charge in [-0.25, -0.2) is 21.6 Å². The van der Waals surface area contributed by atoms with Crippen LogP contribution in [0.2, 0.25) is 0 Å². The molecule has 0 aromatic heterocycles. The third kappa shape index (κ3) is 6.45. The minimum absolute atomic E-state index is 0.00731. The molecule has 0 aliphatic heterocycles. The summed E-state index contributed by atoms with van der Waals surface area (Å²) in [6.07, 6.45) is 2.77. The molecular weight excluding hydrogens is 426 g/mol. The van der Waals surface area contributed by atoms with Crippen LogP contribution in [0.25, 0.3) is 0 Å². The number of ether oxygens (including phenoxy) is 2. The predicted molar refractivity (Wildman–Crippen MR) is 116 cm³/mol. The fourth-order valence-corrected chi connectivity index (χ4v) is 4.55. The van der Waals surface area contributed by atoms with Gasteiger partial charge in [-0.1, -0.05) is 19.9 Å². The van der Waals surface area contributed by atoms with E-state index in [1.54, 1.807) is 25.1 Å². The SMILES string of the molecule is CCCOc1ccc([C@@H](C)NS(=O)(=O)c2ccc(S(C)(=O)=O)cc2)cc1OCCC. The smallest absolute Gasteiger partial charge is 0.241 e. The van der Waals surface area contributed by atoms with Crippen molar-refractivity contribution in [3.63, 3.8) is 0 Å². The van der Waals surface area contributed by atoms with Crippen LogP contribution in [0, 0.1) is 0 Å². The van der Waals surface area contributed by atoms with Crippen LogP contribution in [-0.2, 0) is 19.9 Å². The first-order chi connectivity index (χ1) is 14.1. The number of nitrogens with one attached hydrogen (secondary N) is 1. The number of sulfonamides is 1. The molecule has 0 saturated carbocycles. The number of rotatable bonds is 11. The second-order valence-corrected chi connectivity index (χ2v) is 10.7. The average Bonchev–Trinajstić information content (AvgIpc) is 2.70. The summed E-state index contributed by atoms with van der Waals surface area (Å²) < 4.78 is 62.7. The van der Waals surface area contributed by atoms with E-state index in [0.717, 1.165) is 24.7 Å². The van der Waals surface area contributed by atoms with Gasteiger partial charge in [0.1, 0.15) is 0 Å². The Morgan fingerprint density at radius 3 is 1.90 bits per heavy atom. The van der Waals surface area contributed by atoms with Gasteiger partial charge in [0.2, 0.25) is 10.0 Å². The van der Waals surface area contributed by atoms with Crippen molar-refractivity contribution >= 4 is 19.9 Å². The summed E-state index contributed by atoms with van der Waals surface area (Å²) in [5, 5.41) is 0. The lowest BCUT2D eigenvalue weighted by molar-refractivity contribution is 0.268.